The Bertz CT molecular complexity index is 1030. The Labute approximate surface area is 156 Å². The van der Waals surface area contributed by atoms with Gasteiger partial charge in [-0.25, -0.2) is 4.98 Å². The zero-order chi connectivity index (χ0) is 18.1. The first-order chi connectivity index (χ1) is 12.6. The Kier molecular flexibility index (Phi) is 4.51. The van der Waals surface area contributed by atoms with E-state index in [9.17, 15) is 0 Å². The van der Waals surface area contributed by atoms with Crippen molar-refractivity contribution in [1.82, 2.24) is 19.7 Å². The molecule has 132 valence electrons. The van der Waals surface area contributed by atoms with Gasteiger partial charge in [-0.15, -0.1) is 10.2 Å². The van der Waals surface area contributed by atoms with Crippen LogP contribution in [0, 0.1) is 6.92 Å². The van der Waals surface area contributed by atoms with Crippen molar-refractivity contribution in [2.45, 2.75) is 37.6 Å². The van der Waals surface area contributed by atoms with Gasteiger partial charge in [-0.05, 0) is 31.2 Å². The largest absolute Gasteiger partial charge is 0.424 e. The molecule has 0 saturated carbocycles. The fourth-order valence-electron chi connectivity index (χ4n) is 2.73. The summed E-state index contributed by atoms with van der Waals surface area (Å²) < 4.78 is 7.90. The molecule has 0 aliphatic rings. The van der Waals surface area contributed by atoms with Gasteiger partial charge in [0.05, 0.1) is 16.8 Å². The molecule has 26 heavy (non-hydrogen) atoms. The molecule has 0 radical (unpaired) electrons. The fraction of sp³-hybridized carbons (Fsp3) is 0.250. The van der Waals surface area contributed by atoms with E-state index in [-0.39, 0.29) is 5.92 Å². The number of benzene rings is 2. The Morgan fingerprint density at radius 1 is 1.04 bits per heavy atom. The lowest BCUT2D eigenvalue weighted by molar-refractivity contribution is 0.445. The van der Waals surface area contributed by atoms with Gasteiger partial charge < -0.3 is 4.42 Å². The number of aromatic nitrogens is 4. The minimum atomic E-state index is 0.235. The maximum absolute atomic E-state index is 5.72. The maximum Gasteiger partial charge on any atom is 0.226 e. The van der Waals surface area contributed by atoms with Crippen LogP contribution in [-0.2, 0) is 5.75 Å². The number of nitrogens with zero attached hydrogens (tertiary/aromatic N) is 4. The average Bonchev–Trinajstić information content (AvgIpc) is 3.25. The van der Waals surface area contributed by atoms with Gasteiger partial charge in [0.1, 0.15) is 0 Å². The second-order valence-electron chi connectivity index (χ2n) is 6.53. The first-order valence-electron chi connectivity index (χ1n) is 8.61. The second kappa shape index (κ2) is 6.96. The van der Waals surface area contributed by atoms with E-state index < -0.39 is 0 Å². The van der Waals surface area contributed by atoms with Crippen LogP contribution in [0.5, 0.6) is 0 Å². The first-order valence-corrected chi connectivity index (χ1v) is 9.60. The van der Waals surface area contributed by atoms with Gasteiger partial charge in [0.2, 0.25) is 11.8 Å². The van der Waals surface area contributed by atoms with Crippen LogP contribution >= 0.6 is 11.8 Å². The zero-order valence-corrected chi connectivity index (χ0v) is 15.8. The highest BCUT2D eigenvalue weighted by atomic mass is 32.2. The van der Waals surface area contributed by atoms with Crippen LogP contribution in [0.15, 0.2) is 58.1 Å². The molecule has 0 aliphatic carbocycles. The number of rotatable bonds is 5. The molecule has 0 unspecified atom stereocenters. The topological polar surface area (TPSA) is 56.7 Å². The SMILES string of the molecule is Cc1ccc(-n2c(SCc3nnc(C(C)C)o3)nc3ccccc32)cc1. The molecule has 0 N–H and O–H groups in total. The minimum absolute atomic E-state index is 0.235. The Balaban J connectivity index is 1.69. The van der Waals surface area contributed by atoms with Crippen LogP contribution in [-0.4, -0.2) is 19.7 Å². The molecule has 0 bridgehead atoms. The van der Waals surface area contributed by atoms with E-state index in [0.717, 1.165) is 21.9 Å². The third-order valence-electron chi connectivity index (χ3n) is 4.12. The third-order valence-corrected chi connectivity index (χ3v) is 5.05. The Hall–Kier alpha value is -2.60. The van der Waals surface area contributed by atoms with Crippen LogP contribution in [0.2, 0.25) is 0 Å². The molecule has 0 amide bonds. The highest BCUT2D eigenvalue weighted by Crippen LogP contribution is 2.30. The molecule has 0 spiro atoms. The normalized spacial score (nSPS) is 11.5. The van der Waals surface area contributed by atoms with Crippen molar-refractivity contribution in [2.24, 2.45) is 0 Å². The number of hydrogen-bond donors (Lipinski definition) is 0. The predicted octanol–water partition coefficient (Wildman–Crippen LogP) is 5.13. The molecule has 4 rings (SSSR count). The lowest BCUT2D eigenvalue weighted by Crippen LogP contribution is -1.97. The van der Waals surface area contributed by atoms with Gasteiger partial charge in [0.15, 0.2) is 5.16 Å². The van der Waals surface area contributed by atoms with Crippen molar-refractivity contribution in [3.05, 3.63) is 65.9 Å². The molecule has 5 nitrogen and oxygen atoms in total. The number of thioether (sulfide) groups is 1. The molecular formula is C20H20N4OS. The molecule has 0 saturated heterocycles. The smallest absolute Gasteiger partial charge is 0.226 e. The summed E-state index contributed by atoms with van der Waals surface area (Å²) in [6.07, 6.45) is 0. The number of imidazole rings is 1. The molecular weight excluding hydrogens is 344 g/mol. The zero-order valence-electron chi connectivity index (χ0n) is 15.0. The highest BCUT2D eigenvalue weighted by molar-refractivity contribution is 7.98. The standard InChI is InChI=1S/C20H20N4OS/c1-13(2)19-23-22-18(25-19)12-26-20-21-16-6-4-5-7-17(16)24(20)15-10-8-14(3)9-11-15/h4-11,13H,12H2,1-3H3. The number of aryl methyl sites for hydroxylation is 1. The predicted molar refractivity (Wildman–Crippen MR) is 104 cm³/mol. The summed E-state index contributed by atoms with van der Waals surface area (Å²) in [6, 6.07) is 16.7. The molecule has 2 aromatic heterocycles. The lowest BCUT2D eigenvalue weighted by atomic mass is 10.2. The Morgan fingerprint density at radius 3 is 2.54 bits per heavy atom. The van der Waals surface area contributed by atoms with Gasteiger partial charge in [0, 0.05) is 11.6 Å². The van der Waals surface area contributed by atoms with Crippen LogP contribution in [0.1, 0.15) is 37.1 Å². The summed E-state index contributed by atoms with van der Waals surface area (Å²) in [6.45, 7) is 6.18. The van der Waals surface area contributed by atoms with E-state index in [2.05, 4.69) is 52.0 Å². The fourth-order valence-corrected chi connectivity index (χ4v) is 3.59. The van der Waals surface area contributed by atoms with Crippen LogP contribution < -0.4 is 0 Å². The molecule has 4 aromatic rings. The average molecular weight is 364 g/mol. The molecule has 6 heteroatoms. The number of fused-ring (bicyclic) bond motifs is 1. The molecule has 0 fully saturated rings. The van der Waals surface area contributed by atoms with E-state index >= 15 is 0 Å². The third kappa shape index (κ3) is 3.24. The summed E-state index contributed by atoms with van der Waals surface area (Å²) in [4.78, 5) is 4.80. The number of para-hydroxylation sites is 2. The van der Waals surface area contributed by atoms with E-state index in [1.807, 2.05) is 32.0 Å². The van der Waals surface area contributed by atoms with E-state index in [4.69, 9.17) is 9.40 Å². The quantitative estimate of drug-likeness (QED) is 0.459. The van der Waals surface area contributed by atoms with Gasteiger partial charge in [0.25, 0.3) is 0 Å². The van der Waals surface area contributed by atoms with Crippen molar-refractivity contribution in [1.29, 1.82) is 0 Å². The Morgan fingerprint density at radius 2 is 1.81 bits per heavy atom. The van der Waals surface area contributed by atoms with Crippen molar-refractivity contribution in [2.75, 3.05) is 0 Å². The van der Waals surface area contributed by atoms with Crippen LogP contribution in [0.4, 0.5) is 0 Å². The summed E-state index contributed by atoms with van der Waals surface area (Å²) in [5.74, 6) is 2.13. The van der Waals surface area contributed by atoms with Gasteiger partial charge >= 0.3 is 0 Å². The van der Waals surface area contributed by atoms with E-state index in [0.29, 0.717) is 17.5 Å². The summed E-state index contributed by atoms with van der Waals surface area (Å²) in [5, 5.41) is 9.17. The summed E-state index contributed by atoms with van der Waals surface area (Å²) >= 11 is 1.61. The van der Waals surface area contributed by atoms with Gasteiger partial charge in [-0.3, -0.25) is 4.57 Å². The second-order valence-corrected chi connectivity index (χ2v) is 7.47. The number of hydrogen-bond acceptors (Lipinski definition) is 5. The van der Waals surface area contributed by atoms with Crippen molar-refractivity contribution in [3.8, 4) is 5.69 Å². The highest BCUT2D eigenvalue weighted by Gasteiger charge is 2.15. The van der Waals surface area contributed by atoms with Gasteiger partial charge in [-0.1, -0.05) is 55.4 Å². The van der Waals surface area contributed by atoms with Gasteiger partial charge in [-0.2, -0.15) is 0 Å². The van der Waals surface area contributed by atoms with Crippen LogP contribution in [0.25, 0.3) is 16.7 Å². The molecule has 0 aliphatic heterocycles. The first kappa shape index (κ1) is 16.8. The molecule has 0 atom stereocenters. The monoisotopic (exact) mass is 364 g/mol. The summed E-state index contributed by atoms with van der Waals surface area (Å²) in [7, 11) is 0. The molecule has 2 heterocycles. The summed E-state index contributed by atoms with van der Waals surface area (Å²) in [5.41, 5.74) is 4.40. The maximum atomic E-state index is 5.72. The van der Waals surface area contributed by atoms with Crippen molar-refractivity contribution >= 4 is 22.8 Å². The van der Waals surface area contributed by atoms with E-state index in [1.165, 1.54) is 5.56 Å². The molecule has 2 aromatic carbocycles. The van der Waals surface area contributed by atoms with E-state index in [1.54, 1.807) is 11.8 Å². The lowest BCUT2D eigenvalue weighted by Gasteiger charge is -2.08. The van der Waals surface area contributed by atoms with Crippen LogP contribution in [0.3, 0.4) is 0 Å². The van der Waals surface area contributed by atoms with Crippen molar-refractivity contribution in [3.63, 3.8) is 0 Å². The van der Waals surface area contributed by atoms with Crippen molar-refractivity contribution < 1.29 is 4.42 Å². The minimum Gasteiger partial charge on any atom is -0.424 e.